The lowest BCUT2D eigenvalue weighted by atomic mass is 9.83. The zero-order valence-corrected chi connectivity index (χ0v) is 17.7. The number of para-hydroxylation sites is 2. The van der Waals surface area contributed by atoms with Crippen LogP contribution in [-0.2, 0) is 0 Å². The third-order valence-corrected chi connectivity index (χ3v) is 5.63. The van der Waals surface area contributed by atoms with Crippen molar-refractivity contribution in [3.05, 3.63) is 60.7 Å². The van der Waals surface area contributed by atoms with E-state index in [4.69, 9.17) is 0 Å². The molecule has 2 aromatic carbocycles. The van der Waals surface area contributed by atoms with Crippen molar-refractivity contribution >= 4 is 11.4 Å². The van der Waals surface area contributed by atoms with Crippen LogP contribution in [0.2, 0.25) is 0 Å². The van der Waals surface area contributed by atoms with E-state index in [9.17, 15) is 0 Å². The fourth-order valence-electron chi connectivity index (χ4n) is 4.24. The van der Waals surface area contributed by atoms with Crippen molar-refractivity contribution in [2.75, 3.05) is 16.8 Å². The number of anilines is 2. The van der Waals surface area contributed by atoms with E-state index in [1.807, 2.05) is 0 Å². The summed E-state index contributed by atoms with van der Waals surface area (Å²) in [6.07, 6.45) is 2.19. The molecule has 1 atom stereocenters. The first-order valence-electron chi connectivity index (χ1n) is 9.82. The zero-order chi connectivity index (χ0) is 19.4. The van der Waals surface area contributed by atoms with E-state index in [0.29, 0.717) is 6.04 Å². The van der Waals surface area contributed by atoms with E-state index in [1.54, 1.807) is 0 Å². The Labute approximate surface area is 160 Å². The molecule has 2 aromatic rings. The molecule has 0 bridgehead atoms. The third kappa shape index (κ3) is 4.60. The summed E-state index contributed by atoms with van der Waals surface area (Å²) in [5.74, 6) is 0. The van der Waals surface area contributed by atoms with Gasteiger partial charge in [-0.1, -0.05) is 43.3 Å². The highest BCUT2D eigenvalue weighted by molar-refractivity contribution is 5.51. The molecule has 0 saturated heterocycles. The van der Waals surface area contributed by atoms with Crippen LogP contribution in [0, 0.1) is 0 Å². The standard InChI is InChI=1S/C24H36N2/c1-8-20(2)26(22-17-13-10-14-18-22)24(5,6)19-23(3,4)25(7)21-15-11-9-12-16-21/h9-18,20H,8,19H2,1-7H3. The molecule has 0 saturated carbocycles. The summed E-state index contributed by atoms with van der Waals surface area (Å²) in [6, 6.07) is 22.0. The lowest BCUT2D eigenvalue weighted by Crippen LogP contribution is -2.56. The molecule has 0 aliphatic rings. The minimum atomic E-state index is 0.0311. The van der Waals surface area contributed by atoms with E-state index < -0.39 is 0 Å². The highest BCUT2D eigenvalue weighted by Crippen LogP contribution is 2.36. The van der Waals surface area contributed by atoms with Crippen LogP contribution >= 0.6 is 0 Å². The van der Waals surface area contributed by atoms with Crippen LogP contribution in [0.4, 0.5) is 11.4 Å². The normalized spacial score (nSPS) is 13.3. The molecule has 142 valence electrons. The van der Waals surface area contributed by atoms with Crippen LogP contribution in [-0.4, -0.2) is 24.2 Å². The van der Waals surface area contributed by atoms with Crippen LogP contribution in [0.3, 0.4) is 0 Å². The molecule has 0 heterocycles. The molecular formula is C24H36N2. The van der Waals surface area contributed by atoms with E-state index in [-0.39, 0.29) is 11.1 Å². The molecule has 2 rings (SSSR count). The van der Waals surface area contributed by atoms with Crippen LogP contribution < -0.4 is 9.80 Å². The van der Waals surface area contributed by atoms with Gasteiger partial charge in [-0.15, -0.1) is 0 Å². The predicted molar refractivity (Wildman–Crippen MR) is 116 cm³/mol. The average Bonchev–Trinajstić information content (AvgIpc) is 2.61. The molecule has 0 N–H and O–H groups in total. The molecule has 26 heavy (non-hydrogen) atoms. The Bertz CT molecular complexity index is 661. The minimum Gasteiger partial charge on any atom is -0.369 e. The van der Waals surface area contributed by atoms with Crippen LogP contribution in [0.15, 0.2) is 60.7 Å². The highest BCUT2D eigenvalue weighted by Gasteiger charge is 2.37. The third-order valence-electron chi connectivity index (χ3n) is 5.63. The first kappa shape index (κ1) is 20.4. The Hall–Kier alpha value is -1.96. The number of benzene rings is 2. The largest absolute Gasteiger partial charge is 0.369 e. The number of hydrogen-bond acceptors (Lipinski definition) is 2. The van der Waals surface area contributed by atoms with E-state index >= 15 is 0 Å². The summed E-state index contributed by atoms with van der Waals surface area (Å²) < 4.78 is 0. The summed E-state index contributed by atoms with van der Waals surface area (Å²) in [5.41, 5.74) is 2.64. The molecule has 2 heteroatoms. The Morgan fingerprint density at radius 3 is 1.69 bits per heavy atom. The van der Waals surface area contributed by atoms with Crippen molar-refractivity contribution in [3.63, 3.8) is 0 Å². The van der Waals surface area contributed by atoms with Crippen LogP contribution in [0.1, 0.15) is 54.4 Å². The number of hydrogen-bond donors (Lipinski definition) is 0. The van der Waals surface area contributed by atoms with Gasteiger partial charge in [0.05, 0.1) is 0 Å². The molecule has 0 fully saturated rings. The molecular weight excluding hydrogens is 316 g/mol. The SMILES string of the molecule is CCC(C)N(c1ccccc1)C(C)(C)CC(C)(C)N(C)c1ccccc1. The van der Waals surface area contributed by atoms with Gasteiger partial charge in [-0.25, -0.2) is 0 Å². The Morgan fingerprint density at radius 1 is 0.769 bits per heavy atom. The Kier molecular flexibility index (Phi) is 6.39. The first-order valence-corrected chi connectivity index (χ1v) is 9.82. The van der Waals surface area contributed by atoms with Gasteiger partial charge in [0.1, 0.15) is 0 Å². The maximum atomic E-state index is 2.60. The molecule has 0 radical (unpaired) electrons. The topological polar surface area (TPSA) is 6.48 Å². The second kappa shape index (κ2) is 8.16. The summed E-state index contributed by atoms with van der Waals surface area (Å²) in [7, 11) is 2.21. The molecule has 0 aliphatic heterocycles. The molecule has 2 nitrogen and oxygen atoms in total. The lowest BCUT2D eigenvalue weighted by Gasteiger charge is -2.50. The molecule has 0 amide bonds. The predicted octanol–water partition coefficient (Wildman–Crippen LogP) is 6.38. The van der Waals surface area contributed by atoms with Gasteiger partial charge in [0, 0.05) is 35.5 Å². The summed E-state index contributed by atoms with van der Waals surface area (Å²) in [6.45, 7) is 14.1. The van der Waals surface area contributed by atoms with Crippen LogP contribution in [0.25, 0.3) is 0 Å². The Balaban J connectivity index is 2.31. The van der Waals surface area contributed by atoms with Gasteiger partial charge in [0.2, 0.25) is 0 Å². The van der Waals surface area contributed by atoms with Crippen molar-refractivity contribution in [1.29, 1.82) is 0 Å². The lowest BCUT2D eigenvalue weighted by molar-refractivity contribution is 0.303. The molecule has 0 aromatic heterocycles. The minimum absolute atomic E-state index is 0.0311. The van der Waals surface area contributed by atoms with E-state index in [2.05, 4.69) is 119 Å². The molecule has 0 aliphatic carbocycles. The maximum Gasteiger partial charge on any atom is 0.0373 e. The van der Waals surface area contributed by atoms with Crippen molar-refractivity contribution in [3.8, 4) is 0 Å². The second-order valence-electron chi connectivity index (χ2n) is 8.66. The van der Waals surface area contributed by atoms with Gasteiger partial charge in [0.15, 0.2) is 0 Å². The van der Waals surface area contributed by atoms with Crippen molar-refractivity contribution < 1.29 is 0 Å². The number of rotatable bonds is 8. The van der Waals surface area contributed by atoms with Gasteiger partial charge in [0.25, 0.3) is 0 Å². The fraction of sp³-hybridized carbons (Fsp3) is 0.500. The van der Waals surface area contributed by atoms with Crippen molar-refractivity contribution in [2.24, 2.45) is 0 Å². The molecule has 1 unspecified atom stereocenters. The molecule has 0 spiro atoms. The van der Waals surface area contributed by atoms with Gasteiger partial charge in [-0.3, -0.25) is 0 Å². The first-order chi connectivity index (χ1) is 12.2. The van der Waals surface area contributed by atoms with Crippen molar-refractivity contribution in [1.82, 2.24) is 0 Å². The van der Waals surface area contributed by atoms with E-state index in [1.165, 1.54) is 11.4 Å². The van der Waals surface area contributed by atoms with Crippen molar-refractivity contribution in [2.45, 2.75) is 71.5 Å². The highest BCUT2D eigenvalue weighted by atomic mass is 15.2. The monoisotopic (exact) mass is 352 g/mol. The summed E-state index contributed by atoms with van der Waals surface area (Å²) in [5, 5.41) is 0. The quantitative estimate of drug-likeness (QED) is 0.544. The zero-order valence-electron chi connectivity index (χ0n) is 17.7. The second-order valence-corrected chi connectivity index (χ2v) is 8.66. The summed E-state index contributed by atoms with van der Waals surface area (Å²) in [4.78, 5) is 5.02. The van der Waals surface area contributed by atoms with Gasteiger partial charge < -0.3 is 9.80 Å². The van der Waals surface area contributed by atoms with E-state index in [0.717, 1.165) is 12.8 Å². The maximum absolute atomic E-state index is 2.60. The fourth-order valence-corrected chi connectivity index (χ4v) is 4.24. The smallest absolute Gasteiger partial charge is 0.0373 e. The van der Waals surface area contributed by atoms with Gasteiger partial charge in [-0.05, 0) is 71.7 Å². The van der Waals surface area contributed by atoms with Crippen LogP contribution in [0.5, 0.6) is 0 Å². The van der Waals surface area contributed by atoms with Gasteiger partial charge >= 0.3 is 0 Å². The summed E-state index contributed by atoms with van der Waals surface area (Å²) >= 11 is 0. The van der Waals surface area contributed by atoms with Gasteiger partial charge in [-0.2, -0.15) is 0 Å². The number of nitrogens with zero attached hydrogens (tertiary/aromatic N) is 2. The average molecular weight is 353 g/mol. The Morgan fingerprint density at radius 2 is 1.23 bits per heavy atom.